The van der Waals surface area contributed by atoms with Gasteiger partial charge in [-0.15, -0.1) is 11.3 Å². The van der Waals surface area contributed by atoms with E-state index in [0.29, 0.717) is 6.42 Å². The third kappa shape index (κ3) is 3.26. The van der Waals surface area contributed by atoms with Crippen molar-refractivity contribution in [3.8, 4) is 0 Å². The Morgan fingerprint density at radius 2 is 2.41 bits per heavy atom. The quantitative estimate of drug-likeness (QED) is 0.895. The molecule has 0 saturated heterocycles. The number of rotatable bonds is 4. The molecule has 1 amide bonds. The number of nitrogens with one attached hydrogen (secondary N) is 1. The number of hydrogen-bond acceptors (Lipinski definition) is 4. The Bertz CT molecular complexity index is 402. The number of hydrogen-bond donors (Lipinski definition) is 1. The second-order valence-corrected chi connectivity index (χ2v) is 5.61. The number of aromatic nitrogens is 1. The van der Waals surface area contributed by atoms with Crippen LogP contribution in [-0.2, 0) is 17.8 Å². The Hall–Kier alpha value is -0.940. The van der Waals surface area contributed by atoms with Crippen LogP contribution in [0.25, 0.3) is 0 Å². The fourth-order valence-electron chi connectivity index (χ4n) is 1.90. The van der Waals surface area contributed by atoms with Crippen LogP contribution in [0.5, 0.6) is 0 Å². The summed E-state index contributed by atoms with van der Waals surface area (Å²) in [5.41, 5.74) is 1.17. The molecule has 0 spiro atoms. The largest absolute Gasteiger partial charge is 0.302 e. The van der Waals surface area contributed by atoms with Gasteiger partial charge < -0.3 is 10.2 Å². The third-order valence-corrected chi connectivity index (χ3v) is 3.92. The lowest BCUT2D eigenvalue weighted by Crippen LogP contribution is -2.25. The number of unbranched alkanes of at least 4 members (excludes halogenated alkanes) is 1. The second-order valence-electron chi connectivity index (χ2n) is 4.53. The maximum atomic E-state index is 11.6. The molecule has 4 nitrogen and oxygen atoms in total. The topological polar surface area (TPSA) is 45.2 Å². The van der Waals surface area contributed by atoms with Crippen LogP contribution < -0.4 is 5.32 Å². The number of anilines is 1. The van der Waals surface area contributed by atoms with Crippen molar-refractivity contribution in [1.82, 2.24) is 9.88 Å². The van der Waals surface area contributed by atoms with Crippen LogP contribution in [0.15, 0.2) is 0 Å². The molecule has 0 aromatic carbocycles. The molecule has 0 unspecified atom stereocenters. The molecule has 17 heavy (non-hydrogen) atoms. The van der Waals surface area contributed by atoms with Crippen molar-refractivity contribution in [2.24, 2.45) is 0 Å². The summed E-state index contributed by atoms with van der Waals surface area (Å²) < 4.78 is 0. The van der Waals surface area contributed by atoms with Crippen LogP contribution in [0, 0.1) is 0 Å². The molecule has 0 radical (unpaired) electrons. The number of thiazole rings is 1. The van der Waals surface area contributed by atoms with E-state index in [1.54, 1.807) is 11.3 Å². The van der Waals surface area contributed by atoms with E-state index in [-0.39, 0.29) is 5.91 Å². The van der Waals surface area contributed by atoms with E-state index < -0.39 is 0 Å². The standard InChI is InChI=1S/C12H19N3OS/c1-3-4-5-11(16)14-12-13-9-6-7-15(2)8-10(9)17-12/h3-8H2,1-2H3,(H,13,14,16). The Balaban J connectivity index is 1.96. The van der Waals surface area contributed by atoms with Gasteiger partial charge in [0.2, 0.25) is 5.91 Å². The zero-order chi connectivity index (χ0) is 12.3. The highest BCUT2D eigenvalue weighted by Crippen LogP contribution is 2.27. The zero-order valence-electron chi connectivity index (χ0n) is 10.5. The minimum Gasteiger partial charge on any atom is -0.302 e. The third-order valence-electron chi connectivity index (χ3n) is 2.93. The van der Waals surface area contributed by atoms with Crippen LogP contribution in [-0.4, -0.2) is 29.4 Å². The normalized spacial score (nSPS) is 15.6. The number of likely N-dealkylation sites (N-methyl/N-ethyl adjacent to an activating group) is 1. The fraction of sp³-hybridized carbons (Fsp3) is 0.667. The summed E-state index contributed by atoms with van der Waals surface area (Å²) in [6, 6.07) is 0. The molecule has 1 N–H and O–H groups in total. The number of fused-ring (bicyclic) bond motifs is 1. The van der Waals surface area contributed by atoms with Crippen molar-refractivity contribution in [1.29, 1.82) is 0 Å². The first kappa shape index (κ1) is 12.5. The van der Waals surface area contributed by atoms with Gasteiger partial charge in [0.05, 0.1) is 5.69 Å². The molecule has 5 heteroatoms. The van der Waals surface area contributed by atoms with Gasteiger partial charge >= 0.3 is 0 Å². The maximum Gasteiger partial charge on any atom is 0.226 e. The highest BCUT2D eigenvalue weighted by molar-refractivity contribution is 7.15. The van der Waals surface area contributed by atoms with E-state index in [4.69, 9.17) is 0 Å². The number of nitrogens with zero attached hydrogens (tertiary/aromatic N) is 2. The smallest absolute Gasteiger partial charge is 0.226 e. The Morgan fingerprint density at radius 3 is 3.18 bits per heavy atom. The summed E-state index contributed by atoms with van der Waals surface area (Å²) in [5.74, 6) is 0.0892. The van der Waals surface area contributed by atoms with E-state index >= 15 is 0 Å². The van der Waals surface area contributed by atoms with E-state index in [2.05, 4.69) is 29.2 Å². The summed E-state index contributed by atoms with van der Waals surface area (Å²) >= 11 is 1.62. The van der Waals surface area contributed by atoms with Crippen molar-refractivity contribution in [3.63, 3.8) is 0 Å². The van der Waals surface area contributed by atoms with Gasteiger partial charge in [0.25, 0.3) is 0 Å². The van der Waals surface area contributed by atoms with Gasteiger partial charge in [0, 0.05) is 30.8 Å². The SMILES string of the molecule is CCCCC(=O)Nc1nc2c(s1)CN(C)CC2. The maximum absolute atomic E-state index is 11.6. The van der Waals surface area contributed by atoms with Gasteiger partial charge in [-0.3, -0.25) is 4.79 Å². The molecule has 0 atom stereocenters. The number of carbonyl (C=O) groups is 1. The molecule has 94 valence electrons. The Kier molecular flexibility index (Phi) is 4.12. The van der Waals surface area contributed by atoms with Crippen LogP contribution >= 0.6 is 11.3 Å². The minimum atomic E-state index is 0.0892. The van der Waals surface area contributed by atoms with Crippen molar-refractivity contribution >= 4 is 22.4 Å². The van der Waals surface area contributed by atoms with Gasteiger partial charge in [0.15, 0.2) is 5.13 Å². The molecular weight excluding hydrogens is 234 g/mol. The molecule has 1 aliphatic rings. The second kappa shape index (κ2) is 5.60. The molecule has 0 aliphatic carbocycles. The summed E-state index contributed by atoms with van der Waals surface area (Å²) in [5, 5.41) is 3.67. The molecule has 1 aromatic heterocycles. The first-order valence-corrected chi connectivity index (χ1v) is 6.97. The van der Waals surface area contributed by atoms with Crippen molar-refractivity contribution in [2.75, 3.05) is 18.9 Å². The lowest BCUT2D eigenvalue weighted by Gasteiger charge is -2.20. The molecule has 0 bridgehead atoms. The summed E-state index contributed by atoms with van der Waals surface area (Å²) in [6.45, 7) is 4.10. The van der Waals surface area contributed by atoms with Crippen LogP contribution in [0.2, 0.25) is 0 Å². The van der Waals surface area contributed by atoms with Crippen molar-refractivity contribution in [3.05, 3.63) is 10.6 Å². The average Bonchev–Trinajstić information content (AvgIpc) is 2.67. The van der Waals surface area contributed by atoms with Gasteiger partial charge in [-0.2, -0.15) is 0 Å². The zero-order valence-corrected chi connectivity index (χ0v) is 11.3. The highest BCUT2D eigenvalue weighted by Gasteiger charge is 2.18. The van der Waals surface area contributed by atoms with Crippen LogP contribution in [0.3, 0.4) is 0 Å². The van der Waals surface area contributed by atoms with Crippen molar-refractivity contribution in [2.45, 2.75) is 39.2 Å². The first-order valence-electron chi connectivity index (χ1n) is 6.16. The number of amides is 1. The van der Waals surface area contributed by atoms with E-state index in [1.807, 2.05) is 0 Å². The summed E-state index contributed by atoms with van der Waals surface area (Å²) in [6.07, 6.45) is 3.58. The summed E-state index contributed by atoms with van der Waals surface area (Å²) in [4.78, 5) is 19.7. The van der Waals surface area contributed by atoms with Gasteiger partial charge in [-0.25, -0.2) is 4.98 Å². The lowest BCUT2D eigenvalue weighted by molar-refractivity contribution is -0.116. The molecule has 0 fully saturated rings. The predicted molar refractivity (Wildman–Crippen MR) is 70.3 cm³/mol. The Morgan fingerprint density at radius 1 is 1.59 bits per heavy atom. The molecule has 0 saturated carbocycles. The fourth-order valence-corrected chi connectivity index (χ4v) is 3.00. The lowest BCUT2D eigenvalue weighted by atomic mass is 10.2. The monoisotopic (exact) mass is 253 g/mol. The number of carbonyl (C=O) groups excluding carboxylic acids is 1. The van der Waals surface area contributed by atoms with Gasteiger partial charge in [-0.05, 0) is 13.5 Å². The molecule has 2 rings (SSSR count). The molecule has 1 aromatic rings. The van der Waals surface area contributed by atoms with E-state index in [9.17, 15) is 4.79 Å². The van der Waals surface area contributed by atoms with Crippen LogP contribution in [0.1, 0.15) is 36.8 Å². The Labute approximate surface area is 106 Å². The van der Waals surface area contributed by atoms with Crippen molar-refractivity contribution < 1.29 is 4.79 Å². The highest BCUT2D eigenvalue weighted by atomic mass is 32.1. The minimum absolute atomic E-state index is 0.0892. The summed E-state index contributed by atoms with van der Waals surface area (Å²) in [7, 11) is 2.11. The van der Waals surface area contributed by atoms with E-state index in [1.165, 1.54) is 10.6 Å². The van der Waals surface area contributed by atoms with Crippen LogP contribution in [0.4, 0.5) is 5.13 Å². The predicted octanol–water partition coefficient (Wildman–Crippen LogP) is 2.26. The average molecular weight is 253 g/mol. The molecular formula is C12H19N3OS. The van der Waals surface area contributed by atoms with E-state index in [0.717, 1.165) is 37.5 Å². The molecule has 1 aliphatic heterocycles. The molecule has 2 heterocycles. The van der Waals surface area contributed by atoms with Gasteiger partial charge in [-0.1, -0.05) is 13.3 Å². The first-order chi connectivity index (χ1) is 8.19. The van der Waals surface area contributed by atoms with Gasteiger partial charge in [0.1, 0.15) is 0 Å².